The Balaban J connectivity index is 1.73. The lowest BCUT2D eigenvalue weighted by Crippen LogP contribution is -2.29. The molecule has 200 valence electrons. The Morgan fingerprint density at radius 1 is 1.08 bits per heavy atom. The average molecular weight is 542 g/mol. The van der Waals surface area contributed by atoms with Crippen LogP contribution in [0.3, 0.4) is 0 Å². The van der Waals surface area contributed by atoms with Crippen molar-refractivity contribution in [3.8, 4) is 5.75 Å². The Kier molecular flexibility index (Phi) is 6.76. The number of ether oxygens (including phenoxy) is 1. The molecule has 0 bridgehead atoms. The molecule has 1 unspecified atom stereocenters. The minimum Gasteiger partial charge on any atom is -0.507 e. The van der Waals surface area contributed by atoms with Crippen molar-refractivity contribution >= 4 is 44.1 Å². The third kappa shape index (κ3) is 4.69. The van der Waals surface area contributed by atoms with Crippen LogP contribution in [0.25, 0.3) is 16.0 Å². The molecule has 2 aromatic heterocycles. The molecule has 0 spiro atoms. The first kappa shape index (κ1) is 26.6. The zero-order valence-corrected chi connectivity index (χ0v) is 23.7. The van der Waals surface area contributed by atoms with Crippen molar-refractivity contribution in [1.29, 1.82) is 0 Å². The summed E-state index contributed by atoms with van der Waals surface area (Å²) in [6, 6.07) is 15.8. The Hall–Kier alpha value is -4.04. The van der Waals surface area contributed by atoms with Gasteiger partial charge in [-0.05, 0) is 58.9 Å². The van der Waals surface area contributed by atoms with Crippen LogP contribution in [-0.2, 0) is 15.0 Å². The highest BCUT2D eigenvalue weighted by Crippen LogP contribution is 2.45. The predicted molar refractivity (Wildman–Crippen MR) is 154 cm³/mol. The summed E-state index contributed by atoms with van der Waals surface area (Å²) >= 11 is 1.34. The van der Waals surface area contributed by atoms with Gasteiger partial charge >= 0.3 is 5.91 Å². The summed E-state index contributed by atoms with van der Waals surface area (Å²) in [5.41, 5.74) is 3.36. The van der Waals surface area contributed by atoms with Gasteiger partial charge in [0, 0.05) is 6.20 Å². The number of hydrogen-bond acceptors (Lipinski definition) is 7. The minimum atomic E-state index is -0.959. The molecule has 1 aliphatic heterocycles. The summed E-state index contributed by atoms with van der Waals surface area (Å²) in [5, 5.41) is 12.1. The number of aliphatic hydroxyl groups is 1. The van der Waals surface area contributed by atoms with Crippen LogP contribution >= 0.6 is 11.3 Å². The lowest BCUT2D eigenvalue weighted by molar-refractivity contribution is -0.132. The van der Waals surface area contributed by atoms with E-state index in [-0.39, 0.29) is 16.7 Å². The van der Waals surface area contributed by atoms with E-state index in [1.165, 1.54) is 23.3 Å². The van der Waals surface area contributed by atoms with Gasteiger partial charge in [-0.1, -0.05) is 64.2 Å². The van der Waals surface area contributed by atoms with E-state index in [2.05, 4.69) is 45.7 Å². The number of anilines is 1. The fourth-order valence-electron chi connectivity index (χ4n) is 4.74. The average Bonchev–Trinajstić information content (AvgIpc) is 3.45. The van der Waals surface area contributed by atoms with Crippen LogP contribution in [0.4, 0.5) is 5.13 Å². The van der Waals surface area contributed by atoms with Crippen molar-refractivity contribution in [2.45, 2.75) is 52.0 Å². The lowest BCUT2D eigenvalue weighted by atomic mass is 9.85. The molecular weight excluding hydrogens is 510 g/mol. The minimum absolute atomic E-state index is 0.0508. The van der Waals surface area contributed by atoms with E-state index < -0.39 is 17.7 Å². The number of thiazole rings is 1. The summed E-state index contributed by atoms with van der Waals surface area (Å²) in [6.07, 6.45) is 1.60. The van der Waals surface area contributed by atoms with Crippen molar-refractivity contribution < 1.29 is 19.4 Å². The van der Waals surface area contributed by atoms with Crippen molar-refractivity contribution in [2.24, 2.45) is 0 Å². The van der Waals surface area contributed by atoms with Gasteiger partial charge < -0.3 is 9.84 Å². The SMILES string of the molecule is COc1ccc(C(C)(C)C)cc1/C(O)=C1\C(=O)C(=O)N(c2nc3ccc(C(C)C)cc3s2)C1c1ccccn1. The molecule has 0 saturated carbocycles. The fourth-order valence-corrected chi connectivity index (χ4v) is 5.78. The first-order chi connectivity index (χ1) is 18.5. The first-order valence-electron chi connectivity index (χ1n) is 12.8. The lowest BCUT2D eigenvalue weighted by Gasteiger charge is -2.23. The van der Waals surface area contributed by atoms with Gasteiger partial charge in [0.05, 0.1) is 34.2 Å². The first-order valence-corrected chi connectivity index (χ1v) is 13.6. The summed E-state index contributed by atoms with van der Waals surface area (Å²) in [6.45, 7) is 10.4. The third-order valence-corrected chi connectivity index (χ3v) is 8.02. The number of fused-ring (bicyclic) bond motifs is 1. The molecule has 39 heavy (non-hydrogen) atoms. The zero-order valence-electron chi connectivity index (χ0n) is 22.9. The van der Waals surface area contributed by atoms with E-state index in [9.17, 15) is 14.7 Å². The highest BCUT2D eigenvalue weighted by molar-refractivity contribution is 7.22. The highest BCUT2D eigenvalue weighted by Gasteiger charge is 2.49. The smallest absolute Gasteiger partial charge is 0.301 e. The van der Waals surface area contributed by atoms with Gasteiger partial charge in [-0.15, -0.1) is 0 Å². The van der Waals surface area contributed by atoms with Gasteiger partial charge in [-0.2, -0.15) is 0 Å². The number of carbonyl (C=O) groups excluding carboxylic acids is 2. The van der Waals surface area contributed by atoms with E-state index in [1.54, 1.807) is 30.5 Å². The van der Waals surface area contributed by atoms with E-state index in [4.69, 9.17) is 9.72 Å². The predicted octanol–water partition coefficient (Wildman–Crippen LogP) is 6.75. The van der Waals surface area contributed by atoms with Crippen molar-refractivity contribution in [3.63, 3.8) is 0 Å². The maximum absolute atomic E-state index is 13.6. The van der Waals surface area contributed by atoms with E-state index >= 15 is 0 Å². The zero-order chi connectivity index (χ0) is 28.1. The number of Topliss-reactive ketones (excluding diaryl/α,β-unsaturated/α-hetero) is 1. The molecule has 1 aliphatic rings. The number of benzene rings is 2. The largest absolute Gasteiger partial charge is 0.507 e. The van der Waals surface area contributed by atoms with Crippen LogP contribution in [0, 0.1) is 0 Å². The van der Waals surface area contributed by atoms with Gasteiger partial charge in [0.2, 0.25) is 0 Å². The molecule has 1 N–H and O–H groups in total. The maximum atomic E-state index is 13.6. The van der Waals surface area contributed by atoms with Crippen LogP contribution in [-0.4, -0.2) is 33.9 Å². The quantitative estimate of drug-likeness (QED) is 0.171. The second-order valence-corrected chi connectivity index (χ2v) is 12.0. The van der Waals surface area contributed by atoms with Gasteiger partial charge in [-0.25, -0.2) is 4.98 Å². The van der Waals surface area contributed by atoms with Crippen LogP contribution in [0.15, 0.2) is 66.4 Å². The number of rotatable bonds is 5. The summed E-state index contributed by atoms with van der Waals surface area (Å²) in [7, 11) is 1.50. The summed E-state index contributed by atoms with van der Waals surface area (Å²) < 4.78 is 6.46. The maximum Gasteiger partial charge on any atom is 0.301 e. The molecule has 0 radical (unpaired) electrons. The number of pyridine rings is 1. The highest BCUT2D eigenvalue weighted by atomic mass is 32.1. The van der Waals surface area contributed by atoms with E-state index in [0.717, 1.165) is 21.3 Å². The summed E-state index contributed by atoms with van der Waals surface area (Å²) in [4.78, 5) is 37.8. The molecule has 3 heterocycles. The molecule has 8 heteroatoms. The van der Waals surface area contributed by atoms with E-state index in [0.29, 0.717) is 28.1 Å². The number of aromatic nitrogens is 2. The monoisotopic (exact) mass is 541 g/mol. The molecule has 1 amide bonds. The van der Waals surface area contributed by atoms with Gasteiger partial charge in [-0.3, -0.25) is 19.5 Å². The molecule has 4 aromatic rings. The molecule has 0 aliphatic carbocycles. The van der Waals surface area contributed by atoms with Gasteiger partial charge in [0.15, 0.2) is 5.13 Å². The Morgan fingerprint density at radius 2 is 1.85 bits per heavy atom. The van der Waals surface area contributed by atoms with Crippen molar-refractivity contribution in [2.75, 3.05) is 12.0 Å². The van der Waals surface area contributed by atoms with Gasteiger partial charge in [0.25, 0.3) is 5.78 Å². The number of aliphatic hydroxyl groups excluding tert-OH is 1. The molecule has 2 aromatic carbocycles. The van der Waals surface area contributed by atoms with Crippen LogP contribution < -0.4 is 9.64 Å². The van der Waals surface area contributed by atoms with Crippen molar-refractivity contribution in [1.82, 2.24) is 9.97 Å². The van der Waals surface area contributed by atoms with E-state index in [1.807, 2.05) is 24.3 Å². The molecule has 7 nitrogen and oxygen atoms in total. The topological polar surface area (TPSA) is 92.6 Å². The molecule has 1 saturated heterocycles. The Labute approximate surface area is 231 Å². The second kappa shape index (κ2) is 9.93. The standard InChI is InChI=1S/C31H31N3O4S/c1-17(2)18-10-12-21-24(15-18)39-30(33-21)34-26(22-9-7-8-14-32-22)25(28(36)29(34)37)27(35)20-16-19(31(3,4)5)11-13-23(20)38-6/h7-17,26,35H,1-6H3/b27-25+. The number of ketones is 1. The van der Waals surface area contributed by atoms with Gasteiger partial charge in [0.1, 0.15) is 17.6 Å². The second-order valence-electron chi connectivity index (χ2n) is 11.0. The number of methoxy groups -OCH3 is 1. The Bertz CT molecular complexity index is 1620. The summed E-state index contributed by atoms with van der Waals surface area (Å²) in [5.74, 6) is -1.14. The third-order valence-electron chi connectivity index (χ3n) is 7.01. The Morgan fingerprint density at radius 3 is 2.49 bits per heavy atom. The molecule has 1 atom stereocenters. The fraction of sp³-hybridized carbons (Fsp3) is 0.290. The van der Waals surface area contributed by atoms with Crippen LogP contribution in [0.5, 0.6) is 5.75 Å². The van der Waals surface area contributed by atoms with Crippen LogP contribution in [0.2, 0.25) is 0 Å². The number of carbonyl (C=O) groups is 2. The molecule has 5 rings (SSSR count). The molecular formula is C31H31N3O4S. The van der Waals surface area contributed by atoms with Crippen LogP contribution in [0.1, 0.15) is 69.0 Å². The van der Waals surface area contributed by atoms with Crippen molar-refractivity contribution in [3.05, 3.63) is 88.8 Å². The number of amides is 1. The number of hydrogen-bond donors (Lipinski definition) is 1. The number of nitrogens with zero attached hydrogens (tertiary/aromatic N) is 3. The normalized spacial score (nSPS) is 17.4. The molecule has 1 fully saturated rings.